The van der Waals surface area contributed by atoms with Gasteiger partial charge in [0.25, 0.3) is 11.8 Å². The molecule has 0 aromatic heterocycles. The van der Waals surface area contributed by atoms with Gasteiger partial charge in [-0.05, 0) is 43.7 Å². The Morgan fingerprint density at radius 2 is 2.00 bits per heavy atom. The summed E-state index contributed by atoms with van der Waals surface area (Å²) in [5, 5.41) is 2.71. The number of methoxy groups -OCH3 is 1. The smallest absolute Gasteiger partial charge is 0.308 e. The van der Waals surface area contributed by atoms with Gasteiger partial charge in [0.1, 0.15) is 11.5 Å². The number of nitrogens with one attached hydrogen (secondary N) is 1. The van der Waals surface area contributed by atoms with Gasteiger partial charge in [-0.2, -0.15) is 0 Å². The van der Waals surface area contributed by atoms with Gasteiger partial charge in [0.15, 0.2) is 12.7 Å². The second-order valence-corrected chi connectivity index (χ2v) is 6.88. The molecule has 8 heteroatoms. The molecule has 2 aromatic carbocycles. The number of carbonyl (C=O) groups is 3. The Balaban J connectivity index is 1.55. The summed E-state index contributed by atoms with van der Waals surface area (Å²) in [5.74, 6) is -0.188. The third-order valence-electron chi connectivity index (χ3n) is 4.64. The van der Waals surface area contributed by atoms with Crippen molar-refractivity contribution in [3.8, 4) is 11.5 Å². The molecule has 0 saturated carbocycles. The lowest BCUT2D eigenvalue weighted by Crippen LogP contribution is -2.40. The van der Waals surface area contributed by atoms with Crippen LogP contribution in [0.1, 0.15) is 18.9 Å². The van der Waals surface area contributed by atoms with Crippen molar-refractivity contribution in [2.45, 2.75) is 26.4 Å². The van der Waals surface area contributed by atoms with Crippen LogP contribution in [0.3, 0.4) is 0 Å². The van der Waals surface area contributed by atoms with Crippen LogP contribution in [0.25, 0.3) is 0 Å². The first-order valence-electron chi connectivity index (χ1n) is 9.56. The van der Waals surface area contributed by atoms with Crippen LogP contribution in [0.2, 0.25) is 0 Å². The van der Waals surface area contributed by atoms with E-state index in [9.17, 15) is 14.4 Å². The van der Waals surface area contributed by atoms with E-state index in [1.807, 2.05) is 19.1 Å². The number of ether oxygens (including phenoxy) is 3. The van der Waals surface area contributed by atoms with Crippen molar-refractivity contribution in [1.29, 1.82) is 0 Å². The van der Waals surface area contributed by atoms with Crippen LogP contribution in [0.15, 0.2) is 42.5 Å². The van der Waals surface area contributed by atoms with Crippen molar-refractivity contribution >= 4 is 29.2 Å². The molecule has 2 aromatic rings. The summed E-state index contributed by atoms with van der Waals surface area (Å²) in [7, 11) is 1.51. The van der Waals surface area contributed by atoms with Crippen LogP contribution in [0.5, 0.6) is 11.5 Å². The number of para-hydroxylation sites is 2. The summed E-state index contributed by atoms with van der Waals surface area (Å²) < 4.78 is 15.9. The van der Waals surface area contributed by atoms with Crippen LogP contribution in [-0.4, -0.2) is 44.1 Å². The normalized spacial score (nSPS) is 13.7. The molecule has 1 aliphatic heterocycles. The highest BCUT2D eigenvalue weighted by Crippen LogP contribution is 2.31. The van der Waals surface area contributed by atoms with E-state index >= 15 is 0 Å². The minimum atomic E-state index is -1.00. The van der Waals surface area contributed by atoms with E-state index in [1.165, 1.54) is 18.9 Å². The van der Waals surface area contributed by atoms with Gasteiger partial charge >= 0.3 is 5.97 Å². The summed E-state index contributed by atoms with van der Waals surface area (Å²) in [5.41, 5.74) is 2.06. The van der Waals surface area contributed by atoms with E-state index in [2.05, 4.69) is 5.32 Å². The summed E-state index contributed by atoms with van der Waals surface area (Å²) in [6.45, 7) is 3.44. The lowest BCUT2D eigenvalue weighted by molar-refractivity contribution is -0.153. The fraction of sp³-hybridized carbons (Fsp3) is 0.318. The SMILES string of the molecule is COc1ccc(C)cc1NC(=O)[C@H](C)OC(=O)CCN1C(=O)COc2ccccc21. The van der Waals surface area contributed by atoms with E-state index in [1.54, 1.807) is 30.3 Å². The van der Waals surface area contributed by atoms with Gasteiger partial charge in [-0.25, -0.2) is 0 Å². The zero-order valence-corrected chi connectivity index (χ0v) is 17.1. The van der Waals surface area contributed by atoms with Crippen LogP contribution in [0.4, 0.5) is 11.4 Å². The maximum atomic E-state index is 12.4. The highest BCUT2D eigenvalue weighted by Gasteiger charge is 2.26. The molecule has 8 nitrogen and oxygen atoms in total. The predicted octanol–water partition coefficient (Wildman–Crippen LogP) is 2.69. The average Bonchev–Trinajstić information content (AvgIpc) is 2.73. The minimum absolute atomic E-state index is 0.0501. The molecule has 0 radical (unpaired) electrons. The topological polar surface area (TPSA) is 94.2 Å². The van der Waals surface area contributed by atoms with Gasteiger partial charge in [0, 0.05) is 6.54 Å². The molecule has 1 N–H and O–H groups in total. The van der Waals surface area contributed by atoms with Gasteiger partial charge < -0.3 is 24.4 Å². The van der Waals surface area contributed by atoms with Crippen molar-refractivity contribution in [1.82, 2.24) is 0 Å². The van der Waals surface area contributed by atoms with E-state index in [0.717, 1.165) is 5.56 Å². The summed E-state index contributed by atoms with van der Waals surface area (Å²) in [4.78, 5) is 38.3. The molecule has 1 heterocycles. The molecular formula is C22H24N2O6. The lowest BCUT2D eigenvalue weighted by Gasteiger charge is -2.29. The second kappa shape index (κ2) is 9.30. The van der Waals surface area contributed by atoms with Crippen LogP contribution in [-0.2, 0) is 19.1 Å². The molecule has 30 heavy (non-hydrogen) atoms. The second-order valence-electron chi connectivity index (χ2n) is 6.88. The molecule has 0 spiro atoms. The van der Waals surface area contributed by atoms with Gasteiger partial charge in [-0.3, -0.25) is 14.4 Å². The molecule has 0 saturated heterocycles. The standard InChI is InChI=1S/C22H24N2O6/c1-14-8-9-18(28-3)16(12-14)23-22(27)15(2)30-21(26)10-11-24-17-6-4-5-7-19(17)29-13-20(24)25/h4-9,12,15H,10-11,13H2,1-3H3,(H,23,27)/t15-/m0/s1. The quantitative estimate of drug-likeness (QED) is 0.703. The van der Waals surface area contributed by atoms with Crippen LogP contribution in [0, 0.1) is 6.92 Å². The van der Waals surface area contributed by atoms with Gasteiger partial charge in [0.05, 0.1) is 24.9 Å². The third kappa shape index (κ3) is 4.89. The fourth-order valence-electron chi connectivity index (χ4n) is 3.07. The summed E-state index contributed by atoms with van der Waals surface area (Å²) in [6, 6.07) is 12.5. The highest BCUT2D eigenvalue weighted by atomic mass is 16.5. The van der Waals surface area contributed by atoms with Crippen molar-refractivity contribution in [3.63, 3.8) is 0 Å². The van der Waals surface area contributed by atoms with Gasteiger partial charge in [-0.1, -0.05) is 18.2 Å². The zero-order valence-electron chi connectivity index (χ0n) is 17.1. The number of hydrogen-bond acceptors (Lipinski definition) is 6. The first-order chi connectivity index (χ1) is 14.4. The van der Waals surface area contributed by atoms with Crippen molar-refractivity contribution in [2.24, 2.45) is 0 Å². The Hall–Kier alpha value is -3.55. The van der Waals surface area contributed by atoms with Crippen molar-refractivity contribution in [2.75, 3.05) is 30.5 Å². The average molecular weight is 412 g/mol. The molecule has 0 unspecified atom stereocenters. The maximum absolute atomic E-state index is 12.4. The van der Waals surface area contributed by atoms with Gasteiger partial charge in [0.2, 0.25) is 0 Å². The number of esters is 1. The first-order valence-corrected chi connectivity index (χ1v) is 9.56. The number of aryl methyl sites for hydroxylation is 1. The maximum Gasteiger partial charge on any atom is 0.308 e. The zero-order chi connectivity index (χ0) is 21.7. The third-order valence-corrected chi connectivity index (χ3v) is 4.64. The van der Waals surface area contributed by atoms with Crippen molar-refractivity contribution in [3.05, 3.63) is 48.0 Å². The number of hydrogen-bond donors (Lipinski definition) is 1. The number of benzene rings is 2. The molecule has 158 valence electrons. The van der Waals surface area contributed by atoms with Crippen molar-refractivity contribution < 1.29 is 28.6 Å². The molecule has 1 aliphatic rings. The monoisotopic (exact) mass is 412 g/mol. The minimum Gasteiger partial charge on any atom is -0.495 e. The highest BCUT2D eigenvalue weighted by molar-refractivity contribution is 5.98. The fourth-order valence-corrected chi connectivity index (χ4v) is 3.07. The predicted molar refractivity (Wildman–Crippen MR) is 111 cm³/mol. The Labute approximate surface area is 174 Å². The van der Waals surface area contributed by atoms with E-state index in [0.29, 0.717) is 22.9 Å². The summed E-state index contributed by atoms with van der Waals surface area (Å²) >= 11 is 0. The van der Waals surface area contributed by atoms with Gasteiger partial charge in [-0.15, -0.1) is 0 Å². The molecule has 0 bridgehead atoms. The molecule has 0 aliphatic carbocycles. The molecular weight excluding hydrogens is 388 g/mol. The number of amides is 2. The Morgan fingerprint density at radius 3 is 2.77 bits per heavy atom. The van der Waals surface area contributed by atoms with E-state index in [4.69, 9.17) is 14.2 Å². The Morgan fingerprint density at radius 1 is 1.23 bits per heavy atom. The van der Waals surface area contributed by atoms with E-state index in [-0.39, 0.29) is 25.5 Å². The molecule has 0 fully saturated rings. The molecule has 3 rings (SSSR count). The largest absolute Gasteiger partial charge is 0.495 e. The Bertz CT molecular complexity index is 958. The number of fused-ring (bicyclic) bond motifs is 1. The number of nitrogens with zero attached hydrogens (tertiary/aromatic N) is 1. The number of rotatable bonds is 7. The van der Waals surface area contributed by atoms with Crippen LogP contribution >= 0.6 is 0 Å². The molecule has 1 atom stereocenters. The van der Waals surface area contributed by atoms with E-state index < -0.39 is 18.0 Å². The van der Waals surface area contributed by atoms with Crippen LogP contribution < -0.4 is 19.7 Å². The Kier molecular flexibility index (Phi) is 6.56. The first kappa shape index (κ1) is 21.2. The molecule has 2 amide bonds. The lowest BCUT2D eigenvalue weighted by atomic mass is 10.2. The number of carbonyl (C=O) groups excluding carboxylic acids is 3. The summed E-state index contributed by atoms with van der Waals surface area (Å²) in [6.07, 6.45) is -1.05. The number of anilines is 2.